The summed E-state index contributed by atoms with van der Waals surface area (Å²) in [5.41, 5.74) is 4.69. The first-order chi connectivity index (χ1) is 12.7. The summed E-state index contributed by atoms with van der Waals surface area (Å²) in [6.45, 7) is 4.13. The number of nitrogens with zero attached hydrogens (tertiary/aromatic N) is 1. The van der Waals surface area contributed by atoms with Gasteiger partial charge in [-0.05, 0) is 41.8 Å². The van der Waals surface area contributed by atoms with Gasteiger partial charge in [0.2, 0.25) is 0 Å². The van der Waals surface area contributed by atoms with Gasteiger partial charge < -0.3 is 27.2 Å². The van der Waals surface area contributed by atoms with Gasteiger partial charge >= 0.3 is 0 Å². The largest absolute Gasteiger partial charge is 1.00 e. The second-order valence-corrected chi connectivity index (χ2v) is 6.22. The maximum absolute atomic E-state index is 5.93. The molecule has 2 aromatic carbocycles. The number of benzene rings is 2. The smallest absolute Gasteiger partial charge is 0.161 e. The minimum absolute atomic E-state index is 0. The molecule has 0 radical (unpaired) electrons. The van der Waals surface area contributed by atoms with Crippen molar-refractivity contribution in [3.05, 3.63) is 89.2 Å². The highest BCUT2D eigenvalue weighted by Crippen LogP contribution is 2.29. The minimum Gasteiger partial charge on any atom is -1.00 e. The lowest BCUT2D eigenvalue weighted by Gasteiger charge is -2.13. The van der Waals surface area contributed by atoms with Crippen LogP contribution in [0.1, 0.15) is 22.3 Å². The van der Waals surface area contributed by atoms with Gasteiger partial charge in [0.25, 0.3) is 0 Å². The van der Waals surface area contributed by atoms with Gasteiger partial charge in [0.05, 0.1) is 7.11 Å². The lowest BCUT2D eigenvalue weighted by atomic mass is 10.1. The Morgan fingerprint density at radius 1 is 0.889 bits per heavy atom. The number of hydrogen-bond acceptors (Lipinski definition) is 4. The molecule has 1 aromatic heterocycles. The van der Waals surface area contributed by atoms with Crippen LogP contribution in [0.15, 0.2) is 67.0 Å². The molecule has 1 heterocycles. The molecule has 4 nitrogen and oxygen atoms in total. The summed E-state index contributed by atoms with van der Waals surface area (Å²) in [5.74, 6) is 1.50. The van der Waals surface area contributed by atoms with Gasteiger partial charge in [-0.15, -0.1) is 0 Å². The number of nitrogens with one attached hydrogen (secondary N) is 1. The fraction of sp³-hybridized carbons (Fsp3) is 0.227. The van der Waals surface area contributed by atoms with Gasteiger partial charge in [-0.2, -0.15) is 0 Å². The molecule has 142 valence electrons. The molecule has 0 saturated heterocycles. The molecule has 1 N–H and O–H groups in total. The Bertz CT molecular complexity index is 823. The molecule has 0 aliphatic carbocycles. The van der Waals surface area contributed by atoms with E-state index in [0.29, 0.717) is 6.61 Å². The van der Waals surface area contributed by atoms with Crippen molar-refractivity contribution >= 4 is 0 Å². The van der Waals surface area contributed by atoms with E-state index in [2.05, 4.69) is 53.6 Å². The molecule has 0 aliphatic heterocycles. The molecule has 3 rings (SSSR count). The lowest BCUT2D eigenvalue weighted by Crippen LogP contribution is -3.00. The molecule has 0 unspecified atom stereocenters. The Kier molecular flexibility index (Phi) is 8.11. The Balaban J connectivity index is 0.00000261. The highest BCUT2D eigenvalue weighted by molar-refractivity contribution is 5.43. The Labute approximate surface area is 167 Å². The van der Waals surface area contributed by atoms with Crippen molar-refractivity contribution in [2.45, 2.75) is 26.6 Å². The summed E-state index contributed by atoms with van der Waals surface area (Å²) in [4.78, 5) is 4.12. The molecular formula is C22H24ClN2O2-. The van der Waals surface area contributed by atoms with Crippen LogP contribution < -0.4 is 27.2 Å². The summed E-state index contributed by atoms with van der Waals surface area (Å²) in [5, 5.41) is 3.42. The maximum Gasteiger partial charge on any atom is 0.161 e. The van der Waals surface area contributed by atoms with Crippen molar-refractivity contribution in [1.82, 2.24) is 10.3 Å². The molecular weight excluding hydrogens is 360 g/mol. The van der Waals surface area contributed by atoms with Crippen LogP contribution >= 0.6 is 0 Å². The van der Waals surface area contributed by atoms with Gasteiger partial charge in [-0.25, -0.2) is 0 Å². The Morgan fingerprint density at radius 2 is 1.63 bits per heavy atom. The van der Waals surface area contributed by atoms with Gasteiger partial charge in [0, 0.05) is 25.5 Å². The summed E-state index contributed by atoms with van der Waals surface area (Å²) in [6, 6.07) is 18.4. The van der Waals surface area contributed by atoms with Crippen LogP contribution in [0.4, 0.5) is 0 Å². The summed E-state index contributed by atoms with van der Waals surface area (Å²) in [7, 11) is 1.67. The highest BCUT2D eigenvalue weighted by Gasteiger charge is 2.06. The van der Waals surface area contributed by atoms with Crippen LogP contribution in [0.2, 0.25) is 0 Å². The summed E-state index contributed by atoms with van der Waals surface area (Å²) < 4.78 is 11.4. The number of methoxy groups -OCH3 is 1. The topological polar surface area (TPSA) is 43.4 Å². The second kappa shape index (κ2) is 10.6. The van der Waals surface area contributed by atoms with E-state index in [9.17, 15) is 0 Å². The number of aryl methyl sites for hydroxylation is 1. The summed E-state index contributed by atoms with van der Waals surface area (Å²) >= 11 is 0. The van der Waals surface area contributed by atoms with E-state index in [1.54, 1.807) is 13.3 Å². The SMILES string of the molecule is COc1cc(CNCc2cccnc2)ccc1OCc1ccc(C)cc1.[Cl-]. The number of ether oxygens (including phenoxy) is 2. The normalized spacial score (nSPS) is 10.1. The van der Waals surface area contributed by atoms with Crippen LogP contribution in [0.3, 0.4) is 0 Å². The zero-order valence-electron chi connectivity index (χ0n) is 15.6. The van der Waals surface area contributed by atoms with E-state index >= 15 is 0 Å². The van der Waals surface area contributed by atoms with Crippen molar-refractivity contribution in [1.29, 1.82) is 0 Å². The Hall–Kier alpha value is -2.56. The zero-order chi connectivity index (χ0) is 18.2. The molecule has 0 atom stereocenters. The van der Waals surface area contributed by atoms with E-state index < -0.39 is 0 Å². The average molecular weight is 384 g/mol. The van der Waals surface area contributed by atoms with E-state index in [0.717, 1.165) is 41.3 Å². The standard InChI is InChI=1S/C22H24N2O2.ClH/c1-17-5-7-18(8-6-17)16-26-21-10-9-19(12-22(21)25-2)13-24-15-20-4-3-11-23-14-20;/h3-12,14,24H,13,15-16H2,1-2H3;1H/p-1. The van der Waals surface area contributed by atoms with Gasteiger partial charge in [-0.1, -0.05) is 42.0 Å². The number of hydrogen-bond donors (Lipinski definition) is 1. The van der Waals surface area contributed by atoms with E-state index in [4.69, 9.17) is 9.47 Å². The quantitative estimate of drug-likeness (QED) is 0.636. The van der Waals surface area contributed by atoms with Gasteiger partial charge in [0.15, 0.2) is 11.5 Å². The predicted octanol–water partition coefficient (Wildman–Crippen LogP) is 1.27. The summed E-state index contributed by atoms with van der Waals surface area (Å²) in [6.07, 6.45) is 3.65. The Morgan fingerprint density at radius 3 is 2.33 bits per heavy atom. The lowest BCUT2D eigenvalue weighted by molar-refractivity contribution is -0.00000598. The van der Waals surface area contributed by atoms with Crippen molar-refractivity contribution in [2.24, 2.45) is 0 Å². The number of halogens is 1. The van der Waals surface area contributed by atoms with Gasteiger partial charge in [0.1, 0.15) is 6.61 Å². The fourth-order valence-corrected chi connectivity index (χ4v) is 2.64. The highest BCUT2D eigenvalue weighted by atomic mass is 35.5. The first-order valence-electron chi connectivity index (χ1n) is 8.69. The number of rotatable bonds is 8. The monoisotopic (exact) mass is 383 g/mol. The molecule has 0 aliphatic rings. The van der Waals surface area contributed by atoms with E-state index in [1.807, 2.05) is 24.4 Å². The molecule has 0 spiro atoms. The van der Waals surface area contributed by atoms with Crippen LogP contribution in [0, 0.1) is 6.92 Å². The maximum atomic E-state index is 5.93. The molecule has 0 amide bonds. The first kappa shape index (κ1) is 20.7. The third kappa shape index (κ3) is 6.27. The van der Waals surface area contributed by atoms with E-state index in [1.165, 1.54) is 5.56 Å². The van der Waals surface area contributed by atoms with Crippen LogP contribution in [-0.4, -0.2) is 12.1 Å². The van der Waals surface area contributed by atoms with Crippen LogP contribution in [0.25, 0.3) is 0 Å². The molecule has 3 aromatic rings. The minimum atomic E-state index is 0. The molecule has 0 fully saturated rings. The number of aromatic nitrogens is 1. The third-order valence-electron chi connectivity index (χ3n) is 4.12. The average Bonchev–Trinajstić information content (AvgIpc) is 2.69. The zero-order valence-corrected chi connectivity index (χ0v) is 16.4. The van der Waals surface area contributed by atoms with Crippen molar-refractivity contribution in [2.75, 3.05) is 7.11 Å². The van der Waals surface area contributed by atoms with Crippen LogP contribution in [0.5, 0.6) is 11.5 Å². The van der Waals surface area contributed by atoms with E-state index in [-0.39, 0.29) is 12.4 Å². The molecule has 0 bridgehead atoms. The van der Waals surface area contributed by atoms with Crippen molar-refractivity contribution in [3.8, 4) is 11.5 Å². The molecule has 5 heteroatoms. The number of pyridine rings is 1. The third-order valence-corrected chi connectivity index (χ3v) is 4.12. The van der Waals surface area contributed by atoms with Gasteiger partial charge in [-0.3, -0.25) is 4.98 Å². The first-order valence-corrected chi connectivity index (χ1v) is 8.69. The molecule has 0 saturated carbocycles. The van der Waals surface area contributed by atoms with Crippen LogP contribution in [-0.2, 0) is 19.7 Å². The fourth-order valence-electron chi connectivity index (χ4n) is 2.64. The second-order valence-electron chi connectivity index (χ2n) is 6.22. The van der Waals surface area contributed by atoms with Crippen molar-refractivity contribution in [3.63, 3.8) is 0 Å². The molecule has 27 heavy (non-hydrogen) atoms. The van der Waals surface area contributed by atoms with Crippen molar-refractivity contribution < 1.29 is 21.9 Å². The predicted molar refractivity (Wildman–Crippen MR) is 103 cm³/mol.